The van der Waals surface area contributed by atoms with Gasteiger partial charge in [0, 0.05) is 38.5 Å². The second kappa shape index (κ2) is 6.07. The van der Waals surface area contributed by atoms with Crippen molar-refractivity contribution in [1.29, 1.82) is 0 Å². The molecule has 1 N–H and O–H groups in total. The van der Waals surface area contributed by atoms with Gasteiger partial charge in [0.1, 0.15) is 0 Å². The monoisotopic (exact) mass is 308 g/mol. The summed E-state index contributed by atoms with van der Waals surface area (Å²) >= 11 is 0. The molecule has 1 aliphatic heterocycles. The van der Waals surface area contributed by atoms with Crippen LogP contribution in [0.1, 0.15) is 30.9 Å². The van der Waals surface area contributed by atoms with Gasteiger partial charge in [-0.25, -0.2) is 8.42 Å². The molecule has 0 bridgehead atoms. The zero-order valence-electron chi connectivity index (χ0n) is 12.6. The average Bonchev–Trinajstić information content (AvgIpc) is 2.43. The topological polar surface area (TPSA) is 49.4 Å². The predicted molar refractivity (Wildman–Crippen MR) is 84.1 cm³/mol. The number of rotatable bonds is 4. The van der Waals surface area contributed by atoms with Crippen LogP contribution in [0.15, 0.2) is 29.2 Å². The summed E-state index contributed by atoms with van der Waals surface area (Å²) in [5, 5.41) is 3.40. The molecule has 1 aromatic carbocycles. The van der Waals surface area contributed by atoms with Gasteiger partial charge in [-0.1, -0.05) is 18.6 Å². The van der Waals surface area contributed by atoms with Crippen LogP contribution in [-0.4, -0.2) is 45.8 Å². The Morgan fingerprint density at radius 1 is 1.14 bits per heavy atom. The molecule has 1 aromatic rings. The highest BCUT2D eigenvalue weighted by Gasteiger charge is 2.33. The van der Waals surface area contributed by atoms with E-state index in [-0.39, 0.29) is 0 Å². The molecule has 0 aromatic heterocycles. The molecule has 2 aliphatic rings. The Labute approximate surface area is 127 Å². The highest BCUT2D eigenvalue weighted by atomic mass is 32.2. The van der Waals surface area contributed by atoms with Crippen molar-refractivity contribution >= 4 is 9.84 Å². The van der Waals surface area contributed by atoms with Gasteiger partial charge in [0.2, 0.25) is 0 Å². The van der Waals surface area contributed by atoms with E-state index in [2.05, 4.69) is 10.2 Å². The third kappa shape index (κ3) is 3.30. The Balaban J connectivity index is 1.85. The summed E-state index contributed by atoms with van der Waals surface area (Å²) in [5.41, 5.74) is 1.27. The average molecular weight is 308 g/mol. The third-order valence-electron chi connectivity index (χ3n) is 4.79. The van der Waals surface area contributed by atoms with Crippen LogP contribution in [-0.2, 0) is 9.84 Å². The summed E-state index contributed by atoms with van der Waals surface area (Å²) < 4.78 is 23.2. The number of hydrogen-bond donors (Lipinski definition) is 1. The SMILES string of the molecule is CS(=O)(=O)c1ccc([C@@H](C2CCC2)N2CCNCC2)cc1. The quantitative estimate of drug-likeness (QED) is 0.922. The summed E-state index contributed by atoms with van der Waals surface area (Å²) in [7, 11) is -3.11. The fraction of sp³-hybridized carbons (Fsp3) is 0.625. The van der Waals surface area contributed by atoms with Crippen LogP contribution in [0.25, 0.3) is 0 Å². The molecular weight excluding hydrogens is 284 g/mol. The second-order valence-electron chi connectivity index (χ2n) is 6.26. The summed E-state index contributed by atoms with van der Waals surface area (Å²) in [5.74, 6) is 0.729. The fourth-order valence-corrected chi connectivity index (χ4v) is 4.04. The number of nitrogens with one attached hydrogen (secondary N) is 1. The van der Waals surface area contributed by atoms with Gasteiger partial charge in [-0.05, 0) is 36.5 Å². The van der Waals surface area contributed by atoms with Crippen LogP contribution in [0, 0.1) is 5.92 Å². The first-order valence-corrected chi connectivity index (χ1v) is 9.69. The van der Waals surface area contributed by atoms with E-state index in [1.165, 1.54) is 31.1 Å². The van der Waals surface area contributed by atoms with Crippen LogP contribution in [0.2, 0.25) is 0 Å². The lowest BCUT2D eigenvalue weighted by molar-refractivity contribution is 0.0837. The molecule has 5 heteroatoms. The van der Waals surface area contributed by atoms with Gasteiger partial charge in [0.05, 0.1) is 4.90 Å². The van der Waals surface area contributed by atoms with Crippen molar-refractivity contribution in [1.82, 2.24) is 10.2 Å². The second-order valence-corrected chi connectivity index (χ2v) is 8.28. The zero-order valence-corrected chi connectivity index (χ0v) is 13.4. The first-order chi connectivity index (χ1) is 10.1. The number of benzene rings is 1. The minimum atomic E-state index is -3.11. The molecule has 0 amide bonds. The van der Waals surface area contributed by atoms with Gasteiger partial charge in [0.25, 0.3) is 0 Å². The molecule has 1 saturated heterocycles. The van der Waals surface area contributed by atoms with Crippen molar-refractivity contribution in [2.24, 2.45) is 5.92 Å². The van der Waals surface area contributed by atoms with Crippen molar-refractivity contribution < 1.29 is 8.42 Å². The lowest BCUT2D eigenvalue weighted by Gasteiger charge is -2.43. The summed E-state index contributed by atoms with van der Waals surface area (Å²) in [6, 6.07) is 8.01. The minimum absolute atomic E-state index is 0.416. The van der Waals surface area contributed by atoms with E-state index in [9.17, 15) is 8.42 Å². The van der Waals surface area contributed by atoms with Crippen molar-refractivity contribution in [2.45, 2.75) is 30.2 Å². The molecule has 1 heterocycles. The third-order valence-corrected chi connectivity index (χ3v) is 5.92. The molecule has 0 spiro atoms. The van der Waals surface area contributed by atoms with Gasteiger partial charge < -0.3 is 5.32 Å². The van der Waals surface area contributed by atoms with Gasteiger partial charge in [0.15, 0.2) is 9.84 Å². The molecular formula is C16H24N2O2S. The van der Waals surface area contributed by atoms with E-state index in [1.54, 1.807) is 12.1 Å². The Morgan fingerprint density at radius 2 is 1.76 bits per heavy atom. The maximum Gasteiger partial charge on any atom is 0.175 e. The predicted octanol–water partition coefficient (Wildman–Crippen LogP) is 1.84. The zero-order chi connectivity index (χ0) is 14.9. The first-order valence-electron chi connectivity index (χ1n) is 7.80. The van der Waals surface area contributed by atoms with E-state index in [0.717, 1.165) is 32.1 Å². The lowest BCUT2D eigenvalue weighted by atomic mass is 9.76. The van der Waals surface area contributed by atoms with E-state index in [4.69, 9.17) is 0 Å². The van der Waals surface area contributed by atoms with Crippen LogP contribution in [0.3, 0.4) is 0 Å². The molecule has 2 fully saturated rings. The number of piperazine rings is 1. The van der Waals surface area contributed by atoms with Crippen LogP contribution in [0.5, 0.6) is 0 Å². The van der Waals surface area contributed by atoms with Crippen LogP contribution < -0.4 is 5.32 Å². The molecule has 21 heavy (non-hydrogen) atoms. The molecule has 1 saturated carbocycles. The van der Waals surface area contributed by atoms with E-state index in [1.807, 2.05) is 12.1 Å². The highest BCUT2D eigenvalue weighted by molar-refractivity contribution is 7.90. The largest absolute Gasteiger partial charge is 0.314 e. The smallest absolute Gasteiger partial charge is 0.175 e. The molecule has 0 radical (unpaired) electrons. The number of sulfone groups is 1. The Hall–Kier alpha value is -0.910. The minimum Gasteiger partial charge on any atom is -0.314 e. The van der Waals surface area contributed by atoms with E-state index < -0.39 is 9.84 Å². The van der Waals surface area contributed by atoms with Crippen molar-refractivity contribution in [2.75, 3.05) is 32.4 Å². The fourth-order valence-electron chi connectivity index (χ4n) is 3.41. The number of nitrogens with zero attached hydrogens (tertiary/aromatic N) is 1. The molecule has 4 nitrogen and oxygen atoms in total. The van der Waals surface area contributed by atoms with Gasteiger partial charge in [-0.15, -0.1) is 0 Å². The normalized spacial score (nSPS) is 22.7. The molecule has 3 rings (SSSR count). The Morgan fingerprint density at radius 3 is 2.24 bits per heavy atom. The molecule has 1 aliphatic carbocycles. The molecule has 0 unspecified atom stereocenters. The lowest BCUT2D eigenvalue weighted by Crippen LogP contribution is -2.47. The van der Waals surface area contributed by atoms with Crippen LogP contribution >= 0.6 is 0 Å². The number of hydrogen-bond acceptors (Lipinski definition) is 4. The first kappa shape index (κ1) is 15.0. The highest BCUT2D eigenvalue weighted by Crippen LogP contribution is 2.41. The Kier molecular flexibility index (Phi) is 4.33. The standard InChI is InChI=1S/C16H24N2O2S/c1-21(19,20)15-7-5-14(6-8-15)16(13-3-2-4-13)18-11-9-17-10-12-18/h5-8,13,16-17H,2-4,9-12H2,1H3/t16-/m1/s1. The maximum atomic E-state index is 11.6. The van der Waals surface area contributed by atoms with Crippen molar-refractivity contribution in [3.8, 4) is 0 Å². The Bertz CT molecular complexity index is 573. The van der Waals surface area contributed by atoms with Crippen molar-refractivity contribution in [3.63, 3.8) is 0 Å². The molecule has 116 valence electrons. The summed E-state index contributed by atoms with van der Waals surface area (Å²) in [6.07, 6.45) is 5.18. The van der Waals surface area contributed by atoms with Crippen LogP contribution in [0.4, 0.5) is 0 Å². The van der Waals surface area contributed by atoms with E-state index in [0.29, 0.717) is 10.9 Å². The van der Waals surface area contributed by atoms with Gasteiger partial charge in [-0.3, -0.25) is 4.90 Å². The van der Waals surface area contributed by atoms with Gasteiger partial charge >= 0.3 is 0 Å². The maximum absolute atomic E-state index is 11.6. The van der Waals surface area contributed by atoms with E-state index >= 15 is 0 Å². The summed E-state index contributed by atoms with van der Waals surface area (Å²) in [4.78, 5) is 2.98. The molecule has 1 atom stereocenters. The summed E-state index contributed by atoms with van der Waals surface area (Å²) in [6.45, 7) is 4.25. The van der Waals surface area contributed by atoms with Gasteiger partial charge in [-0.2, -0.15) is 0 Å². The van der Waals surface area contributed by atoms with Crippen molar-refractivity contribution in [3.05, 3.63) is 29.8 Å².